The summed E-state index contributed by atoms with van der Waals surface area (Å²) in [6.45, 7) is 1.50. The molecule has 0 bridgehead atoms. The van der Waals surface area contributed by atoms with Crippen LogP contribution in [0.15, 0.2) is 6.20 Å². The number of hydrogen-bond acceptors (Lipinski definition) is 5. The highest BCUT2D eigenvalue weighted by atomic mass is 32.2. The Hall–Kier alpha value is -0.920. The van der Waals surface area contributed by atoms with Gasteiger partial charge < -0.3 is 4.74 Å². The predicted molar refractivity (Wildman–Crippen MR) is 74.8 cm³/mol. The average Bonchev–Trinajstić information content (AvgIpc) is 2.96. The lowest BCUT2D eigenvalue weighted by Crippen LogP contribution is -2.43. The van der Waals surface area contributed by atoms with Crippen LogP contribution in [0.4, 0.5) is 0 Å². The monoisotopic (exact) mass is 299 g/mol. The van der Waals surface area contributed by atoms with Gasteiger partial charge in [0.15, 0.2) is 0 Å². The van der Waals surface area contributed by atoms with Crippen molar-refractivity contribution in [2.24, 2.45) is 0 Å². The van der Waals surface area contributed by atoms with Crippen LogP contribution in [0.5, 0.6) is 0 Å². The van der Waals surface area contributed by atoms with E-state index in [4.69, 9.17) is 4.74 Å². The largest absolute Gasteiger partial charge is 0.380 e. The summed E-state index contributed by atoms with van der Waals surface area (Å²) in [4.78, 5) is 2.37. The van der Waals surface area contributed by atoms with Gasteiger partial charge in [-0.3, -0.25) is 4.90 Å². The summed E-state index contributed by atoms with van der Waals surface area (Å²) >= 11 is 0. The summed E-state index contributed by atoms with van der Waals surface area (Å²) in [5, 5.41) is 4.20. The first kappa shape index (κ1) is 14.0. The van der Waals surface area contributed by atoms with Crippen LogP contribution in [0, 0.1) is 0 Å². The standard InChI is InChI=1S/C13H21N3O3S/c1-19-13-6-4-3-5-12(13)15-7-10-8-16(20(2,17)18)14-11(10)9-15/h8,12-13H,3-7,9H2,1-2H3. The van der Waals surface area contributed by atoms with Gasteiger partial charge in [-0.25, -0.2) is 8.42 Å². The third-order valence-corrected chi connectivity index (χ3v) is 5.23. The van der Waals surface area contributed by atoms with E-state index in [9.17, 15) is 8.42 Å². The van der Waals surface area contributed by atoms with Crippen molar-refractivity contribution in [1.82, 2.24) is 14.1 Å². The minimum atomic E-state index is -3.28. The van der Waals surface area contributed by atoms with E-state index in [2.05, 4.69) is 10.00 Å². The van der Waals surface area contributed by atoms with Crippen molar-refractivity contribution in [2.75, 3.05) is 13.4 Å². The Bertz CT molecular complexity index is 573. The molecule has 0 spiro atoms. The zero-order valence-corrected chi connectivity index (χ0v) is 12.8. The van der Waals surface area contributed by atoms with Crippen LogP contribution in [0.1, 0.15) is 36.9 Å². The Morgan fingerprint density at radius 3 is 2.70 bits per heavy atom. The van der Waals surface area contributed by atoms with Crippen LogP contribution in [0.25, 0.3) is 0 Å². The van der Waals surface area contributed by atoms with E-state index < -0.39 is 10.0 Å². The molecule has 0 aromatic carbocycles. The number of aromatic nitrogens is 2. The fourth-order valence-corrected chi connectivity index (χ4v) is 3.89. The molecule has 2 aliphatic rings. The smallest absolute Gasteiger partial charge is 0.250 e. The van der Waals surface area contributed by atoms with Crippen LogP contribution in [0.3, 0.4) is 0 Å². The second-order valence-electron chi connectivity index (χ2n) is 5.77. The van der Waals surface area contributed by atoms with Gasteiger partial charge >= 0.3 is 0 Å². The van der Waals surface area contributed by atoms with Crippen molar-refractivity contribution in [1.29, 1.82) is 0 Å². The molecule has 1 aromatic rings. The van der Waals surface area contributed by atoms with E-state index in [0.717, 1.165) is 41.3 Å². The zero-order chi connectivity index (χ0) is 14.3. The maximum absolute atomic E-state index is 11.5. The molecule has 7 heteroatoms. The Labute approximate surface area is 119 Å². The predicted octanol–water partition coefficient (Wildman–Crippen LogP) is 0.964. The lowest BCUT2D eigenvalue weighted by Gasteiger charge is -2.36. The number of hydrogen-bond donors (Lipinski definition) is 0. The molecule has 0 radical (unpaired) electrons. The summed E-state index contributed by atoms with van der Waals surface area (Å²) in [6, 6.07) is 0.426. The van der Waals surface area contributed by atoms with Crippen molar-refractivity contribution in [3.8, 4) is 0 Å². The van der Waals surface area contributed by atoms with Crippen LogP contribution in [-0.4, -0.2) is 48.0 Å². The van der Waals surface area contributed by atoms with Gasteiger partial charge in [0.25, 0.3) is 10.0 Å². The van der Waals surface area contributed by atoms with E-state index in [1.54, 1.807) is 13.3 Å². The molecular formula is C13H21N3O3S. The molecule has 112 valence electrons. The number of methoxy groups -OCH3 is 1. The molecule has 1 aliphatic carbocycles. The molecule has 1 fully saturated rings. The average molecular weight is 299 g/mol. The van der Waals surface area contributed by atoms with Gasteiger partial charge in [-0.1, -0.05) is 12.8 Å². The number of nitrogens with zero attached hydrogens (tertiary/aromatic N) is 3. The SMILES string of the molecule is COC1CCCCC1N1Cc2cn(S(C)(=O)=O)nc2C1. The van der Waals surface area contributed by atoms with Crippen molar-refractivity contribution >= 4 is 10.0 Å². The van der Waals surface area contributed by atoms with Gasteiger partial charge in [-0.15, -0.1) is 0 Å². The maximum atomic E-state index is 11.5. The molecule has 20 heavy (non-hydrogen) atoms. The number of fused-ring (bicyclic) bond motifs is 1. The fourth-order valence-electron chi connectivity index (χ4n) is 3.33. The van der Waals surface area contributed by atoms with E-state index in [1.807, 2.05) is 0 Å². The lowest BCUT2D eigenvalue weighted by atomic mass is 9.91. The minimum Gasteiger partial charge on any atom is -0.380 e. The van der Waals surface area contributed by atoms with Crippen LogP contribution in [0.2, 0.25) is 0 Å². The highest BCUT2D eigenvalue weighted by Gasteiger charge is 2.35. The maximum Gasteiger partial charge on any atom is 0.250 e. The van der Waals surface area contributed by atoms with Gasteiger partial charge in [-0.05, 0) is 12.8 Å². The molecule has 6 nitrogen and oxygen atoms in total. The quantitative estimate of drug-likeness (QED) is 0.832. The number of ether oxygens (including phenoxy) is 1. The normalized spacial score (nSPS) is 27.7. The van der Waals surface area contributed by atoms with Crippen LogP contribution >= 0.6 is 0 Å². The Morgan fingerprint density at radius 2 is 2.05 bits per heavy atom. The first-order chi connectivity index (χ1) is 9.49. The van der Waals surface area contributed by atoms with Gasteiger partial charge in [0, 0.05) is 38.0 Å². The molecule has 2 unspecified atom stereocenters. The summed E-state index contributed by atoms with van der Waals surface area (Å²) in [5.74, 6) is 0. The van der Waals surface area contributed by atoms with E-state index in [0.29, 0.717) is 6.04 Å². The van der Waals surface area contributed by atoms with E-state index in [-0.39, 0.29) is 6.10 Å². The van der Waals surface area contributed by atoms with Crippen molar-refractivity contribution in [2.45, 2.75) is 50.9 Å². The summed E-state index contributed by atoms with van der Waals surface area (Å²) in [7, 11) is -1.50. The van der Waals surface area contributed by atoms with Gasteiger partial charge in [-0.2, -0.15) is 9.19 Å². The molecule has 0 amide bonds. The molecule has 0 saturated heterocycles. The Morgan fingerprint density at radius 1 is 1.30 bits per heavy atom. The molecular weight excluding hydrogens is 278 g/mol. The number of rotatable bonds is 3. The summed E-state index contributed by atoms with van der Waals surface area (Å²) in [5.41, 5.74) is 1.91. The molecule has 1 aromatic heterocycles. The Balaban J connectivity index is 1.75. The van der Waals surface area contributed by atoms with Crippen LogP contribution < -0.4 is 0 Å². The fraction of sp³-hybridized carbons (Fsp3) is 0.769. The van der Waals surface area contributed by atoms with Gasteiger partial charge in [0.2, 0.25) is 0 Å². The molecule has 1 saturated carbocycles. The minimum absolute atomic E-state index is 0.287. The van der Waals surface area contributed by atoms with Gasteiger partial charge in [0.05, 0.1) is 18.1 Å². The highest BCUT2D eigenvalue weighted by Crippen LogP contribution is 2.31. The first-order valence-electron chi connectivity index (χ1n) is 7.04. The van der Waals surface area contributed by atoms with Gasteiger partial charge in [0.1, 0.15) is 0 Å². The zero-order valence-electron chi connectivity index (χ0n) is 11.9. The molecule has 2 heterocycles. The third kappa shape index (κ3) is 2.49. The highest BCUT2D eigenvalue weighted by molar-refractivity contribution is 7.89. The molecule has 1 aliphatic heterocycles. The molecule has 2 atom stereocenters. The van der Waals surface area contributed by atoms with Crippen molar-refractivity contribution in [3.05, 3.63) is 17.5 Å². The van der Waals surface area contributed by atoms with E-state index >= 15 is 0 Å². The van der Waals surface area contributed by atoms with Crippen LogP contribution in [-0.2, 0) is 27.8 Å². The molecule has 0 N–H and O–H groups in total. The topological polar surface area (TPSA) is 64.4 Å². The first-order valence-corrected chi connectivity index (χ1v) is 8.88. The second kappa shape index (κ2) is 5.13. The summed E-state index contributed by atoms with van der Waals surface area (Å²) in [6.07, 6.45) is 7.84. The molecule has 3 rings (SSSR count). The third-order valence-electron chi connectivity index (χ3n) is 4.36. The second-order valence-corrected chi connectivity index (χ2v) is 7.61. The summed E-state index contributed by atoms with van der Waals surface area (Å²) < 4.78 is 29.7. The van der Waals surface area contributed by atoms with Crippen molar-refractivity contribution < 1.29 is 13.2 Å². The lowest BCUT2D eigenvalue weighted by molar-refractivity contribution is -0.0133. The van der Waals surface area contributed by atoms with E-state index in [1.165, 1.54) is 19.1 Å². The Kier molecular flexibility index (Phi) is 3.60. The van der Waals surface area contributed by atoms with Crippen molar-refractivity contribution in [3.63, 3.8) is 0 Å².